The molecular formula is C24H17BrN4O8. The van der Waals surface area contributed by atoms with Gasteiger partial charge in [-0.1, -0.05) is 12.1 Å². The molecule has 2 aliphatic rings. The molecule has 188 valence electrons. The number of hydrogen-bond acceptors (Lipinski definition) is 9. The van der Waals surface area contributed by atoms with Crippen molar-refractivity contribution in [1.82, 2.24) is 0 Å². The van der Waals surface area contributed by atoms with Gasteiger partial charge >= 0.3 is 0 Å². The molecule has 3 atom stereocenters. The Morgan fingerprint density at radius 1 is 0.892 bits per heavy atom. The molecule has 3 aromatic rings. The van der Waals surface area contributed by atoms with Crippen molar-refractivity contribution in [2.24, 2.45) is 5.92 Å². The standard InChI is InChI=1S/C24H17BrN4O8/c1-36-19-10-5-13(11-18(19)25)21-20-22(37-27(21)16-3-2-4-17(12-16)29(34)35)24(31)26(23(20)30)14-6-8-15(9-7-14)28(32)33/h2-12,20-22H,1H3/t20-,21+,22+/m0/s1. The van der Waals surface area contributed by atoms with Crippen molar-refractivity contribution in [1.29, 1.82) is 0 Å². The SMILES string of the molecule is COc1ccc([C@@H]2[C@@H]3C(=O)N(c4ccc([N+](=O)[O-])cc4)C(=O)[C@@H]3ON2c2cccc([N+](=O)[O-])c2)cc1Br. The van der Waals surface area contributed by atoms with Gasteiger partial charge < -0.3 is 4.74 Å². The molecule has 3 aromatic carbocycles. The van der Waals surface area contributed by atoms with Crippen molar-refractivity contribution in [3.8, 4) is 5.75 Å². The summed E-state index contributed by atoms with van der Waals surface area (Å²) in [5.74, 6) is -1.66. The van der Waals surface area contributed by atoms with Crippen LogP contribution >= 0.6 is 15.9 Å². The van der Waals surface area contributed by atoms with Gasteiger partial charge in [0, 0.05) is 24.3 Å². The van der Waals surface area contributed by atoms with Crippen LogP contribution in [-0.2, 0) is 14.4 Å². The third-order valence-corrected chi connectivity index (χ3v) is 6.87. The Morgan fingerprint density at radius 3 is 2.22 bits per heavy atom. The molecule has 0 spiro atoms. The lowest BCUT2D eigenvalue weighted by molar-refractivity contribution is -0.385. The largest absolute Gasteiger partial charge is 0.496 e. The molecule has 2 heterocycles. The minimum Gasteiger partial charge on any atom is -0.496 e. The minimum atomic E-state index is -1.21. The number of methoxy groups -OCH3 is 1. The zero-order valence-corrected chi connectivity index (χ0v) is 20.6. The number of rotatable bonds is 6. The number of hydroxylamine groups is 1. The average Bonchev–Trinajstić information content (AvgIpc) is 3.40. The van der Waals surface area contributed by atoms with E-state index in [1.54, 1.807) is 24.3 Å². The van der Waals surface area contributed by atoms with Gasteiger partial charge in [-0.15, -0.1) is 0 Å². The summed E-state index contributed by atoms with van der Waals surface area (Å²) in [6.07, 6.45) is -1.21. The van der Waals surface area contributed by atoms with Gasteiger partial charge in [-0.3, -0.25) is 34.7 Å². The molecule has 2 amide bonds. The van der Waals surface area contributed by atoms with Crippen molar-refractivity contribution in [2.45, 2.75) is 12.1 Å². The summed E-state index contributed by atoms with van der Waals surface area (Å²) in [6, 6.07) is 15.1. The van der Waals surface area contributed by atoms with E-state index in [0.29, 0.717) is 21.5 Å². The minimum absolute atomic E-state index is 0.176. The molecule has 12 nitrogen and oxygen atoms in total. The van der Waals surface area contributed by atoms with Crippen molar-refractivity contribution >= 4 is 50.5 Å². The Kier molecular flexibility index (Phi) is 6.09. The van der Waals surface area contributed by atoms with Crippen molar-refractivity contribution in [3.05, 3.63) is 97.0 Å². The maximum Gasteiger partial charge on any atom is 0.271 e. The summed E-state index contributed by atoms with van der Waals surface area (Å²) in [4.78, 5) is 55.3. The van der Waals surface area contributed by atoms with Crippen LogP contribution in [0.2, 0.25) is 0 Å². The van der Waals surface area contributed by atoms with Gasteiger partial charge in [0.2, 0.25) is 5.91 Å². The molecule has 0 radical (unpaired) electrons. The first-order chi connectivity index (χ1) is 17.7. The Labute approximate surface area is 217 Å². The van der Waals surface area contributed by atoms with Gasteiger partial charge in [-0.25, -0.2) is 9.96 Å². The monoisotopic (exact) mass is 568 g/mol. The lowest BCUT2D eigenvalue weighted by atomic mass is 9.90. The van der Waals surface area contributed by atoms with Gasteiger partial charge in [0.1, 0.15) is 11.7 Å². The van der Waals surface area contributed by atoms with Crippen LogP contribution in [0.25, 0.3) is 0 Å². The molecule has 37 heavy (non-hydrogen) atoms. The number of carbonyl (C=O) groups is 2. The highest BCUT2D eigenvalue weighted by molar-refractivity contribution is 9.10. The van der Waals surface area contributed by atoms with Gasteiger partial charge in [0.05, 0.1) is 38.8 Å². The number of anilines is 2. The Bertz CT molecular complexity index is 1450. The van der Waals surface area contributed by atoms with Gasteiger partial charge in [-0.05, 0) is 51.8 Å². The quantitative estimate of drug-likeness (QED) is 0.241. The second-order valence-corrected chi connectivity index (χ2v) is 9.13. The molecule has 0 bridgehead atoms. The predicted molar refractivity (Wildman–Crippen MR) is 133 cm³/mol. The number of non-ortho nitro benzene ring substituents is 2. The summed E-state index contributed by atoms with van der Waals surface area (Å²) in [5, 5.41) is 23.7. The van der Waals surface area contributed by atoms with E-state index in [2.05, 4.69) is 15.9 Å². The molecule has 2 fully saturated rings. The number of nitrogens with zero attached hydrogens (tertiary/aromatic N) is 4. The highest BCUT2D eigenvalue weighted by Crippen LogP contribution is 2.48. The van der Waals surface area contributed by atoms with E-state index in [9.17, 15) is 29.8 Å². The van der Waals surface area contributed by atoms with Crippen molar-refractivity contribution in [2.75, 3.05) is 17.1 Å². The van der Waals surface area contributed by atoms with Crippen LogP contribution < -0.4 is 14.7 Å². The maximum atomic E-state index is 13.7. The summed E-state index contributed by atoms with van der Waals surface area (Å²) in [5.41, 5.74) is 0.701. The van der Waals surface area contributed by atoms with E-state index >= 15 is 0 Å². The maximum absolute atomic E-state index is 13.7. The smallest absolute Gasteiger partial charge is 0.271 e. The molecule has 0 saturated carbocycles. The first-order valence-corrected chi connectivity index (χ1v) is 11.7. The molecular weight excluding hydrogens is 552 g/mol. The van der Waals surface area contributed by atoms with Crippen LogP contribution in [0.3, 0.4) is 0 Å². The number of nitro benzene ring substituents is 2. The molecule has 0 aliphatic carbocycles. The molecule has 2 saturated heterocycles. The number of halogens is 1. The number of benzene rings is 3. The zero-order valence-electron chi connectivity index (χ0n) is 19.0. The molecule has 5 rings (SSSR count). The summed E-state index contributed by atoms with van der Waals surface area (Å²) >= 11 is 3.44. The highest BCUT2D eigenvalue weighted by atomic mass is 79.9. The van der Waals surface area contributed by atoms with Crippen LogP contribution in [0.15, 0.2) is 71.2 Å². The fourth-order valence-corrected chi connectivity index (χ4v) is 5.12. The number of carbonyl (C=O) groups excluding carboxylic acids is 2. The van der Waals surface area contributed by atoms with Gasteiger partial charge in [0.25, 0.3) is 17.3 Å². The number of fused-ring (bicyclic) bond motifs is 1. The number of hydrogen-bond donors (Lipinski definition) is 0. The normalized spacial score (nSPS) is 20.8. The molecule has 0 N–H and O–H groups in total. The average molecular weight is 569 g/mol. The number of imide groups is 1. The van der Waals surface area contributed by atoms with Crippen molar-refractivity contribution in [3.63, 3.8) is 0 Å². The van der Waals surface area contributed by atoms with Crippen molar-refractivity contribution < 1.29 is 29.0 Å². The van der Waals surface area contributed by atoms with Crippen LogP contribution in [0, 0.1) is 26.1 Å². The number of ether oxygens (including phenoxy) is 1. The second kappa shape index (κ2) is 9.26. The summed E-state index contributed by atoms with van der Waals surface area (Å²) in [7, 11) is 1.51. The Morgan fingerprint density at radius 2 is 1.59 bits per heavy atom. The molecule has 13 heteroatoms. The Balaban J connectivity index is 1.58. The predicted octanol–water partition coefficient (Wildman–Crippen LogP) is 4.33. The molecule has 0 unspecified atom stereocenters. The number of nitro groups is 2. The molecule has 0 aromatic heterocycles. The van der Waals surface area contributed by atoms with Crippen LogP contribution in [0.4, 0.5) is 22.7 Å². The Hall–Kier alpha value is -4.36. The molecule has 2 aliphatic heterocycles. The summed E-state index contributed by atoms with van der Waals surface area (Å²) < 4.78 is 5.89. The summed E-state index contributed by atoms with van der Waals surface area (Å²) in [6.45, 7) is 0. The first-order valence-electron chi connectivity index (χ1n) is 10.9. The fourth-order valence-electron chi connectivity index (χ4n) is 4.57. The van der Waals surface area contributed by atoms with Gasteiger partial charge in [-0.2, -0.15) is 0 Å². The van der Waals surface area contributed by atoms with E-state index in [1.165, 1.54) is 54.6 Å². The van der Waals surface area contributed by atoms with Crippen LogP contribution in [0.5, 0.6) is 5.75 Å². The number of amides is 2. The first kappa shape index (κ1) is 24.3. The third kappa shape index (κ3) is 4.07. The highest BCUT2D eigenvalue weighted by Gasteiger charge is 2.60. The third-order valence-electron chi connectivity index (χ3n) is 6.25. The van der Waals surface area contributed by atoms with E-state index < -0.39 is 39.7 Å². The lowest BCUT2D eigenvalue weighted by Crippen LogP contribution is -2.37. The van der Waals surface area contributed by atoms with E-state index in [0.717, 1.165) is 4.90 Å². The van der Waals surface area contributed by atoms with E-state index in [1.807, 2.05) is 0 Å². The van der Waals surface area contributed by atoms with Crippen LogP contribution in [-0.4, -0.2) is 34.9 Å². The lowest BCUT2D eigenvalue weighted by Gasteiger charge is -2.29. The second-order valence-electron chi connectivity index (χ2n) is 8.28. The topological polar surface area (TPSA) is 145 Å². The van der Waals surface area contributed by atoms with E-state index in [4.69, 9.17) is 9.57 Å². The van der Waals surface area contributed by atoms with Crippen LogP contribution in [0.1, 0.15) is 11.6 Å². The zero-order chi connectivity index (χ0) is 26.4. The fraction of sp³-hybridized carbons (Fsp3) is 0.167. The van der Waals surface area contributed by atoms with E-state index in [-0.39, 0.29) is 17.1 Å². The van der Waals surface area contributed by atoms with Gasteiger partial charge in [0.15, 0.2) is 6.10 Å².